The van der Waals surface area contributed by atoms with Gasteiger partial charge in [0.15, 0.2) is 0 Å². The molecule has 0 spiro atoms. The molecule has 1 amide bonds. The number of rotatable bonds is 14. The van der Waals surface area contributed by atoms with Gasteiger partial charge in [0.1, 0.15) is 5.82 Å². The molecule has 4 aromatic carbocycles. The summed E-state index contributed by atoms with van der Waals surface area (Å²) in [5.41, 5.74) is 13.0. The number of carboxylic acids is 1. The summed E-state index contributed by atoms with van der Waals surface area (Å²) in [5.74, 6) is 0.191. The number of hydrogen-bond acceptors (Lipinski definition) is 6. The first kappa shape index (κ1) is 34.6. The van der Waals surface area contributed by atoms with Crippen LogP contribution in [-0.4, -0.2) is 49.5 Å². The molecule has 2 atom stereocenters. The molecule has 0 aliphatic heterocycles. The maximum Gasteiger partial charge on any atom is 0.336 e. The number of carbonyl (C=O) groups is 3. The SMILES string of the molecule is CCCc1nc2c(C)cc(C(=O)NC(CSC(=O)C(N)CC)Cc3ccccc3)cc2n1Cc1ccc(-c2ccccc2C(=O)O)cc1. The molecule has 9 heteroatoms. The van der Waals surface area contributed by atoms with E-state index in [0.717, 1.165) is 52.0 Å². The average Bonchev–Trinajstić information content (AvgIpc) is 3.44. The zero-order valence-electron chi connectivity index (χ0n) is 27.6. The smallest absolute Gasteiger partial charge is 0.336 e. The van der Waals surface area contributed by atoms with Gasteiger partial charge in [0, 0.05) is 30.3 Å². The van der Waals surface area contributed by atoms with E-state index in [2.05, 4.69) is 16.8 Å². The number of hydrogen-bond donors (Lipinski definition) is 3. The minimum atomic E-state index is -0.960. The van der Waals surface area contributed by atoms with Crippen LogP contribution in [0.5, 0.6) is 0 Å². The second kappa shape index (κ2) is 15.9. The number of carboxylic acid groups (broad SMARTS) is 1. The molecule has 2 unspecified atom stereocenters. The molecule has 5 rings (SSSR count). The monoisotopic (exact) mass is 662 g/mol. The number of carbonyl (C=O) groups excluding carboxylic acids is 2. The van der Waals surface area contributed by atoms with Gasteiger partial charge >= 0.3 is 5.97 Å². The predicted molar refractivity (Wildman–Crippen MR) is 194 cm³/mol. The van der Waals surface area contributed by atoms with Crippen LogP contribution in [0.4, 0.5) is 0 Å². The number of nitrogens with two attached hydrogens (primary N) is 1. The van der Waals surface area contributed by atoms with Gasteiger partial charge < -0.3 is 20.7 Å². The van der Waals surface area contributed by atoms with Crippen LogP contribution in [0, 0.1) is 6.92 Å². The molecule has 0 saturated carbocycles. The van der Waals surface area contributed by atoms with Gasteiger partial charge in [-0.2, -0.15) is 0 Å². The third-order valence-electron chi connectivity index (χ3n) is 8.45. The first-order chi connectivity index (χ1) is 23.2. The predicted octanol–water partition coefficient (Wildman–Crippen LogP) is 7.05. The van der Waals surface area contributed by atoms with E-state index in [0.29, 0.717) is 36.3 Å². The largest absolute Gasteiger partial charge is 0.478 e. The van der Waals surface area contributed by atoms with Gasteiger partial charge in [-0.15, -0.1) is 0 Å². The summed E-state index contributed by atoms with van der Waals surface area (Å²) >= 11 is 1.17. The van der Waals surface area contributed by atoms with Crippen molar-refractivity contribution in [3.8, 4) is 11.1 Å². The van der Waals surface area contributed by atoms with E-state index in [4.69, 9.17) is 10.7 Å². The molecular weight excluding hydrogens is 621 g/mol. The first-order valence-electron chi connectivity index (χ1n) is 16.4. The Morgan fingerprint density at radius 1 is 0.938 bits per heavy atom. The van der Waals surface area contributed by atoms with Crippen LogP contribution in [0.25, 0.3) is 22.2 Å². The number of nitrogens with one attached hydrogen (secondary N) is 1. The zero-order chi connectivity index (χ0) is 34.2. The van der Waals surface area contributed by atoms with Gasteiger partial charge in [0.2, 0.25) is 5.12 Å². The molecule has 0 radical (unpaired) electrons. The molecule has 5 aromatic rings. The summed E-state index contributed by atoms with van der Waals surface area (Å²) in [6.07, 6.45) is 2.85. The molecule has 0 saturated heterocycles. The van der Waals surface area contributed by atoms with Crippen LogP contribution in [0.3, 0.4) is 0 Å². The number of aromatic nitrogens is 2. The fourth-order valence-corrected chi connectivity index (χ4v) is 6.78. The van der Waals surface area contributed by atoms with E-state index in [1.807, 2.05) is 92.7 Å². The Balaban J connectivity index is 1.43. The summed E-state index contributed by atoms with van der Waals surface area (Å²) in [6.45, 7) is 6.53. The normalized spacial score (nSPS) is 12.5. The number of nitrogens with zero attached hydrogens (tertiary/aromatic N) is 2. The Hall–Kier alpha value is -4.73. The van der Waals surface area contributed by atoms with Crippen molar-refractivity contribution in [2.75, 3.05) is 5.75 Å². The molecule has 0 aliphatic carbocycles. The average molecular weight is 663 g/mol. The number of amides is 1. The van der Waals surface area contributed by atoms with Crippen LogP contribution in [-0.2, 0) is 24.2 Å². The molecule has 0 aliphatic rings. The summed E-state index contributed by atoms with van der Waals surface area (Å²) in [7, 11) is 0. The lowest BCUT2D eigenvalue weighted by Crippen LogP contribution is -2.39. The number of aromatic carboxylic acids is 1. The number of aryl methyl sites for hydroxylation is 2. The maximum atomic E-state index is 13.8. The quantitative estimate of drug-likeness (QED) is 0.116. The van der Waals surface area contributed by atoms with Gasteiger partial charge in [0.05, 0.1) is 22.6 Å². The highest BCUT2D eigenvalue weighted by molar-refractivity contribution is 8.13. The summed E-state index contributed by atoms with van der Waals surface area (Å²) in [6, 6.07) is 27.8. The highest BCUT2D eigenvalue weighted by Gasteiger charge is 2.21. The standard InChI is InChI=1S/C39H42N4O4S/c1-4-11-35-42-36-25(3)20-29(37(44)41-30(21-26-12-7-6-8-13-26)24-48-39(47)33(40)5-2)22-34(36)43(35)23-27-16-18-28(19-17-27)31-14-9-10-15-32(31)38(45)46/h6-10,12-20,22,30,33H,4-5,11,21,23-24,40H2,1-3H3,(H,41,44)(H,45,46). The van der Waals surface area contributed by atoms with E-state index < -0.39 is 12.0 Å². The molecule has 48 heavy (non-hydrogen) atoms. The molecule has 0 bridgehead atoms. The topological polar surface area (TPSA) is 127 Å². The summed E-state index contributed by atoms with van der Waals surface area (Å²) in [5, 5.41) is 12.8. The second-order valence-electron chi connectivity index (χ2n) is 12.1. The Bertz CT molecular complexity index is 1900. The second-order valence-corrected chi connectivity index (χ2v) is 13.1. The fraction of sp³-hybridized carbons (Fsp3) is 0.282. The summed E-state index contributed by atoms with van der Waals surface area (Å²) in [4.78, 5) is 43.1. The first-order valence-corrected chi connectivity index (χ1v) is 17.3. The van der Waals surface area contributed by atoms with Crippen LogP contribution in [0.15, 0.2) is 91.0 Å². The van der Waals surface area contributed by atoms with E-state index in [1.54, 1.807) is 12.1 Å². The minimum Gasteiger partial charge on any atom is -0.478 e. The van der Waals surface area contributed by atoms with Crippen LogP contribution < -0.4 is 11.1 Å². The third kappa shape index (κ3) is 8.21. The molecule has 1 aromatic heterocycles. The van der Waals surface area contributed by atoms with E-state index in [-0.39, 0.29) is 22.6 Å². The number of benzene rings is 4. The number of thioether (sulfide) groups is 1. The number of fused-ring (bicyclic) bond motifs is 1. The van der Waals surface area contributed by atoms with Crippen molar-refractivity contribution >= 4 is 39.8 Å². The third-order valence-corrected chi connectivity index (χ3v) is 9.61. The molecule has 4 N–H and O–H groups in total. The molecule has 248 valence electrons. The van der Waals surface area contributed by atoms with E-state index in [9.17, 15) is 19.5 Å². The number of imidazole rings is 1. The molecule has 1 heterocycles. The molecular formula is C39H42N4O4S. The Labute approximate surface area is 285 Å². The molecule has 8 nitrogen and oxygen atoms in total. The summed E-state index contributed by atoms with van der Waals surface area (Å²) < 4.78 is 2.17. The Kier molecular flexibility index (Phi) is 11.5. The van der Waals surface area contributed by atoms with Crippen LogP contribution >= 0.6 is 11.8 Å². The highest BCUT2D eigenvalue weighted by Crippen LogP contribution is 2.27. The van der Waals surface area contributed by atoms with Crippen molar-refractivity contribution in [3.05, 3.63) is 125 Å². The van der Waals surface area contributed by atoms with Crippen LogP contribution in [0.2, 0.25) is 0 Å². The fourth-order valence-electron chi connectivity index (χ4n) is 5.83. The van der Waals surface area contributed by atoms with Gasteiger partial charge in [-0.1, -0.05) is 98.4 Å². The lowest BCUT2D eigenvalue weighted by molar-refractivity contribution is -0.112. The van der Waals surface area contributed by atoms with Crippen LogP contribution in [0.1, 0.15) is 69.9 Å². The van der Waals surface area contributed by atoms with Gasteiger partial charge in [-0.25, -0.2) is 9.78 Å². The van der Waals surface area contributed by atoms with Crippen molar-refractivity contribution in [1.82, 2.24) is 14.9 Å². The van der Waals surface area contributed by atoms with Gasteiger partial charge in [0.25, 0.3) is 5.91 Å². The lowest BCUT2D eigenvalue weighted by Gasteiger charge is -2.19. The Morgan fingerprint density at radius 3 is 2.33 bits per heavy atom. The van der Waals surface area contributed by atoms with Crippen molar-refractivity contribution in [2.45, 2.75) is 65.1 Å². The van der Waals surface area contributed by atoms with Crippen molar-refractivity contribution in [3.63, 3.8) is 0 Å². The van der Waals surface area contributed by atoms with Crippen molar-refractivity contribution in [2.24, 2.45) is 5.73 Å². The zero-order valence-corrected chi connectivity index (χ0v) is 28.4. The lowest BCUT2D eigenvalue weighted by atomic mass is 9.98. The van der Waals surface area contributed by atoms with E-state index >= 15 is 0 Å². The van der Waals surface area contributed by atoms with Crippen molar-refractivity contribution < 1.29 is 19.5 Å². The highest BCUT2D eigenvalue weighted by atomic mass is 32.2. The Morgan fingerprint density at radius 2 is 1.65 bits per heavy atom. The maximum absolute atomic E-state index is 13.8. The van der Waals surface area contributed by atoms with E-state index in [1.165, 1.54) is 11.8 Å². The van der Waals surface area contributed by atoms with Gasteiger partial charge in [-0.05, 0) is 72.2 Å². The van der Waals surface area contributed by atoms with Gasteiger partial charge in [-0.3, -0.25) is 9.59 Å². The molecule has 0 fully saturated rings. The van der Waals surface area contributed by atoms with Crippen molar-refractivity contribution in [1.29, 1.82) is 0 Å². The minimum absolute atomic E-state index is 0.0754.